The Balaban J connectivity index is 3.06. The fourth-order valence-corrected chi connectivity index (χ4v) is 3.14. The Kier molecular flexibility index (Phi) is 5.92. The predicted molar refractivity (Wildman–Crippen MR) is 83.3 cm³/mol. The number of carbonyl (C=O) groups is 1. The van der Waals surface area contributed by atoms with Crippen LogP contribution in [0.1, 0.15) is 25.0 Å². The van der Waals surface area contributed by atoms with E-state index < -0.39 is 16.2 Å². The Morgan fingerprint density at radius 1 is 1.29 bits per heavy atom. The van der Waals surface area contributed by atoms with Gasteiger partial charge in [0.25, 0.3) is 0 Å². The Bertz CT molecular complexity index is 634. The number of aryl methyl sites for hydroxylation is 1. The molecule has 1 aromatic rings. The Morgan fingerprint density at radius 3 is 2.43 bits per heavy atom. The molecule has 0 aliphatic heterocycles. The van der Waals surface area contributed by atoms with Crippen molar-refractivity contribution in [3.05, 3.63) is 35.4 Å². The summed E-state index contributed by atoms with van der Waals surface area (Å²) in [5.41, 5.74) is 1.86. The van der Waals surface area contributed by atoms with Gasteiger partial charge in [-0.25, -0.2) is 4.79 Å². The third-order valence-electron chi connectivity index (χ3n) is 2.81. The fraction of sp³-hybridized carbons (Fsp3) is 0.357. The van der Waals surface area contributed by atoms with Crippen LogP contribution in [-0.2, 0) is 15.0 Å². The molecule has 0 heterocycles. The van der Waals surface area contributed by atoms with Crippen LogP contribution in [0.15, 0.2) is 24.3 Å². The van der Waals surface area contributed by atoms with Crippen molar-refractivity contribution in [1.29, 1.82) is 0 Å². The second-order valence-electron chi connectivity index (χ2n) is 4.50. The van der Waals surface area contributed by atoms with Crippen LogP contribution in [0.4, 0.5) is 5.69 Å². The molecule has 0 atom stereocenters. The van der Waals surface area contributed by atoms with Gasteiger partial charge in [0, 0.05) is 19.2 Å². The van der Waals surface area contributed by atoms with Gasteiger partial charge in [-0.3, -0.25) is 4.72 Å². The van der Waals surface area contributed by atoms with Gasteiger partial charge in [-0.15, -0.1) is 0 Å². The van der Waals surface area contributed by atoms with Gasteiger partial charge in [0.1, 0.15) is 0 Å². The summed E-state index contributed by atoms with van der Waals surface area (Å²) in [5.74, 6) is -1.05. The molecule has 7 heteroatoms. The van der Waals surface area contributed by atoms with E-state index in [1.807, 2.05) is 6.92 Å². The maximum atomic E-state index is 12.2. The van der Waals surface area contributed by atoms with Gasteiger partial charge in [-0.05, 0) is 36.3 Å². The van der Waals surface area contributed by atoms with E-state index in [-0.39, 0.29) is 0 Å². The van der Waals surface area contributed by atoms with E-state index in [9.17, 15) is 13.2 Å². The summed E-state index contributed by atoms with van der Waals surface area (Å²) < 4.78 is 28.1. The molecule has 0 aromatic heterocycles. The number of aliphatic carboxylic acids is 1. The van der Waals surface area contributed by atoms with Crippen molar-refractivity contribution in [2.45, 2.75) is 20.8 Å². The number of hydrogen-bond acceptors (Lipinski definition) is 3. The van der Waals surface area contributed by atoms with Crippen molar-refractivity contribution in [1.82, 2.24) is 4.31 Å². The Hall–Kier alpha value is -1.86. The average molecular weight is 312 g/mol. The fourth-order valence-electron chi connectivity index (χ4n) is 1.91. The minimum atomic E-state index is -3.60. The SMILES string of the molecule is CCN(CC)S(=O)(=O)Nc1cc(C)cc(/C=C/C(=O)O)c1. The van der Waals surface area contributed by atoms with Crippen molar-refractivity contribution >= 4 is 27.9 Å². The highest BCUT2D eigenvalue weighted by Gasteiger charge is 2.18. The van der Waals surface area contributed by atoms with E-state index in [1.165, 1.54) is 10.4 Å². The largest absolute Gasteiger partial charge is 0.478 e. The summed E-state index contributed by atoms with van der Waals surface area (Å²) in [6.45, 7) is 6.10. The lowest BCUT2D eigenvalue weighted by Gasteiger charge is -2.19. The van der Waals surface area contributed by atoms with Gasteiger partial charge < -0.3 is 5.11 Å². The molecule has 0 saturated carbocycles. The van der Waals surface area contributed by atoms with E-state index in [0.29, 0.717) is 24.3 Å². The van der Waals surface area contributed by atoms with Crippen LogP contribution in [0.3, 0.4) is 0 Å². The molecule has 0 fully saturated rings. The molecule has 2 N–H and O–H groups in total. The van der Waals surface area contributed by atoms with Crippen molar-refractivity contribution in [2.75, 3.05) is 17.8 Å². The summed E-state index contributed by atoms with van der Waals surface area (Å²) >= 11 is 0. The summed E-state index contributed by atoms with van der Waals surface area (Å²) in [7, 11) is -3.60. The molecule has 0 amide bonds. The number of nitrogens with zero attached hydrogens (tertiary/aromatic N) is 1. The topological polar surface area (TPSA) is 86.7 Å². The van der Waals surface area contributed by atoms with Crippen LogP contribution in [0.25, 0.3) is 6.08 Å². The average Bonchev–Trinajstić information content (AvgIpc) is 2.36. The normalized spacial score (nSPS) is 12.0. The van der Waals surface area contributed by atoms with Crippen molar-refractivity contribution in [2.24, 2.45) is 0 Å². The Morgan fingerprint density at radius 2 is 1.90 bits per heavy atom. The summed E-state index contributed by atoms with van der Waals surface area (Å²) in [5, 5.41) is 8.63. The summed E-state index contributed by atoms with van der Waals surface area (Å²) in [6, 6.07) is 5.06. The van der Waals surface area contributed by atoms with Gasteiger partial charge in [0.05, 0.1) is 5.69 Å². The molecule has 1 aromatic carbocycles. The first-order chi connectivity index (χ1) is 9.78. The lowest BCUT2D eigenvalue weighted by molar-refractivity contribution is -0.131. The number of benzene rings is 1. The first-order valence-electron chi connectivity index (χ1n) is 6.59. The first-order valence-corrected chi connectivity index (χ1v) is 8.03. The molecular weight excluding hydrogens is 292 g/mol. The number of hydrogen-bond donors (Lipinski definition) is 2. The first kappa shape index (κ1) is 17.2. The smallest absolute Gasteiger partial charge is 0.328 e. The standard InChI is InChI=1S/C14H20N2O4S/c1-4-16(5-2)21(19,20)15-13-9-11(3)8-12(10-13)6-7-14(17)18/h6-10,15H,4-5H2,1-3H3,(H,17,18)/b7-6+. The number of anilines is 1. The maximum absolute atomic E-state index is 12.2. The van der Waals surface area contributed by atoms with Gasteiger partial charge in [-0.1, -0.05) is 19.9 Å². The molecule has 0 saturated heterocycles. The Labute approximate surface area is 125 Å². The summed E-state index contributed by atoms with van der Waals surface area (Å²) in [4.78, 5) is 10.5. The van der Waals surface area contributed by atoms with E-state index >= 15 is 0 Å². The van der Waals surface area contributed by atoms with Gasteiger partial charge >= 0.3 is 16.2 Å². The van der Waals surface area contributed by atoms with Crippen LogP contribution in [0.2, 0.25) is 0 Å². The molecular formula is C14H20N2O4S. The molecule has 0 spiro atoms. The second-order valence-corrected chi connectivity index (χ2v) is 6.17. The molecule has 0 bridgehead atoms. The minimum Gasteiger partial charge on any atom is -0.478 e. The predicted octanol–water partition coefficient (Wildman–Crippen LogP) is 2.09. The molecule has 116 valence electrons. The molecule has 0 aliphatic rings. The van der Waals surface area contributed by atoms with Crippen LogP contribution < -0.4 is 4.72 Å². The molecule has 6 nitrogen and oxygen atoms in total. The lowest BCUT2D eigenvalue weighted by Crippen LogP contribution is -2.35. The monoisotopic (exact) mass is 312 g/mol. The van der Waals surface area contributed by atoms with Gasteiger partial charge in [-0.2, -0.15) is 12.7 Å². The third kappa shape index (κ3) is 5.20. The molecule has 0 radical (unpaired) electrons. The molecule has 21 heavy (non-hydrogen) atoms. The highest BCUT2D eigenvalue weighted by molar-refractivity contribution is 7.90. The highest BCUT2D eigenvalue weighted by Crippen LogP contribution is 2.18. The molecule has 1 rings (SSSR count). The van der Waals surface area contributed by atoms with Crippen molar-refractivity contribution in [3.8, 4) is 0 Å². The van der Waals surface area contributed by atoms with Crippen LogP contribution in [-0.4, -0.2) is 36.9 Å². The van der Waals surface area contributed by atoms with E-state index in [4.69, 9.17) is 5.11 Å². The number of carboxylic acids is 1. The number of rotatable bonds is 7. The quantitative estimate of drug-likeness (QED) is 0.755. The van der Waals surface area contributed by atoms with Gasteiger partial charge in [0.2, 0.25) is 0 Å². The van der Waals surface area contributed by atoms with E-state index in [1.54, 1.807) is 32.0 Å². The zero-order valence-electron chi connectivity index (χ0n) is 12.3. The second kappa shape index (κ2) is 7.24. The van der Waals surface area contributed by atoms with E-state index in [0.717, 1.165) is 11.6 Å². The van der Waals surface area contributed by atoms with Crippen molar-refractivity contribution in [3.63, 3.8) is 0 Å². The molecule has 0 aliphatic carbocycles. The number of carboxylic acid groups (broad SMARTS) is 1. The van der Waals surface area contributed by atoms with E-state index in [2.05, 4.69) is 4.72 Å². The zero-order valence-corrected chi connectivity index (χ0v) is 13.1. The number of nitrogens with one attached hydrogen (secondary N) is 1. The third-order valence-corrected chi connectivity index (χ3v) is 4.50. The maximum Gasteiger partial charge on any atom is 0.328 e. The van der Waals surface area contributed by atoms with Crippen LogP contribution in [0.5, 0.6) is 0 Å². The highest BCUT2D eigenvalue weighted by atomic mass is 32.2. The lowest BCUT2D eigenvalue weighted by atomic mass is 10.1. The summed E-state index contributed by atoms with van der Waals surface area (Å²) in [6.07, 6.45) is 2.43. The van der Waals surface area contributed by atoms with Crippen LogP contribution in [0, 0.1) is 6.92 Å². The van der Waals surface area contributed by atoms with Gasteiger partial charge in [0.15, 0.2) is 0 Å². The zero-order chi connectivity index (χ0) is 16.0. The van der Waals surface area contributed by atoms with Crippen molar-refractivity contribution < 1.29 is 18.3 Å². The minimum absolute atomic E-state index is 0.378. The molecule has 0 unspecified atom stereocenters. The van der Waals surface area contributed by atoms with Crippen LogP contribution >= 0.6 is 0 Å².